The second kappa shape index (κ2) is 7.31. The Morgan fingerprint density at radius 2 is 2.04 bits per heavy atom. The van der Waals surface area contributed by atoms with Crippen LogP contribution in [0, 0.1) is 0 Å². The monoisotopic (exact) mass is 352 g/mol. The molecule has 6 heteroatoms. The summed E-state index contributed by atoms with van der Waals surface area (Å²) in [7, 11) is 0. The number of hydrogen-bond donors (Lipinski definition) is 3. The van der Waals surface area contributed by atoms with Gasteiger partial charge in [-0.3, -0.25) is 4.79 Å². The Bertz CT molecular complexity index is 889. The van der Waals surface area contributed by atoms with Crippen molar-refractivity contribution < 1.29 is 19.8 Å². The van der Waals surface area contributed by atoms with Crippen LogP contribution >= 0.6 is 0 Å². The van der Waals surface area contributed by atoms with Gasteiger partial charge in [0.05, 0.1) is 22.6 Å². The molecule has 0 bridgehead atoms. The molecule has 1 aliphatic rings. The Kier molecular flexibility index (Phi) is 4.93. The van der Waals surface area contributed by atoms with Gasteiger partial charge in [0, 0.05) is 19.0 Å². The second-order valence-corrected chi connectivity index (χ2v) is 6.20. The average molecular weight is 352 g/mol. The van der Waals surface area contributed by atoms with Gasteiger partial charge in [0.1, 0.15) is 17.8 Å². The maximum Gasteiger partial charge on any atom is 0.260 e. The first-order valence-corrected chi connectivity index (χ1v) is 8.34. The van der Waals surface area contributed by atoms with E-state index in [1.165, 1.54) is 23.1 Å². The topological polar surface area (TPSA) is 89.9 Å². The zero-order valence-electron chi connectivity index (χ0n) is 14.4. The van der Waals surface area contributed by atoms with Crippen molar-refractivity contribution in [2.45, 2.75) is 19.8 Å². The summed E-state index contributed by atoms with van der Waals surface area (Å²) in [5.74, 6) is -0.262. The highest BCUT2D eigenvalue weighted by Crippen LogP contribution is 2.40. The van der Waals surface area contributed by atoms with Crippen molar-refractivity contribution in [1.29, 1.82) is 0 Å². The third-order valence-electron chi connectivity index (χ3n) is 4.33. The van der Waals surface area contributed by atoms with Gasteiger partial charge in [-0.15, -0.1) is 0 Å². The Morgan fingerprint density at radius 3 is 2.81 bits per heavy atom. The zero-order valence-corrected chi connectivity index (χ0v) is 14.4. The molecule has 26 heavy (non-hydrogen) atoms. The summed E-state index contributed by atoms with van der Waals surface area (Å²) in [6, 6.07) is 9.47. The summed E-state index contributed by atoms with van der Waals surface area (Å²) in [6.45, 7) is 2.20. The van der Waals surface area contributed by atoms with E-state index in [-0.39, 0.29) is 24.0 Å². The van der Waals surface area contributed by atoms with Gasteiger partial charge in [-0.2, -0.15) is 0 Å². The lowest BCUT2D eigenvalue weighted by atomic mass is 10.1. The Balaban J connectivity index is 2.05. The number of amides is 1. The molecule has 1 aliphatic heterocycles. The minimum atomic E-state index is -0.285. The highest BCUT2D eigenvalue weighted by molar-refractivity contribution is 6.14. The minimum absolute atomic E-state index is 0.0190. The number of anilines is 3. The van der Waals surface area contributed by atoms with Crippen LogP contribution in [0.25, 0.3) is 0 Å². The lowest BCUT2D eigenvalue weighted by Gasteiger charge is -2.22. The van der Waals surface area contributed by atoms with Gasteiger partial charge in [0.15, 0.2) is 0 Å². The maximum atomic E-state index is 13.1. The number of para-hydroxylation sites is 1. The van der Waals surface area contributed by atoms with E-state index in [9.17, 15) is 19.8 Å². The molecule has 2 aromatic carbocycles. The molecule has 1 heterocycles. The van der Waals surface area contributed by atoms with Crippen molar-refractivity contribution in [3.63, 3.8) is 0 Å². The van der Waals surface area contributed by atoms with Crippen molar-refractivity contribution >= 4 is 29.3 Å². The summed E-state index contributed by atoms with van der Waals surface area (Å²) in [5.41, 5.74) is 2.81. The van der Waals surface area contributed by atoms with Crippen LogP contribution in [-0.4, -0.2) is 29.0 Å². The summed E-state index contributed by atoms with van der Waals surface area (Å²) in [6.07, 6.45) is 3.83. The molecule has 0 saturated carbocycles. The van der Waals surface area contributed by atoms with E-state index in [0.29, 0.717) is 35.5 Å². The fourth-order valence-electron chi connectivity index (χ4n) is 2.91. The number of benzene rings is 2. The van der Waals surface area contributed by atoms with Gasteiger partial charge < -0.3 is 25.2 Å². The van der Waals surface area contributed by atoms with Crippen LogP contribution in [0.3, 0.4) is 0 Å². The molecule has 0 aromatic heterocycles. The molecule has 2 aromatic rings. The zero-order chi connectivity index (χ0) is 18.7. The van der Waals surface area contributed by atoms with Gasteiger partial charge in [-0.05, 0) is 37.6 Å². The van der Waals surface area contributed by atoms with Crippen LogP contribution in [0.5, 0.6) is 11.5 Å². The third-order valence-corrected chi connectivity index (χ3v) is 4.33. The molecule has 0 unspecified atom stereocenters. The number of rotatable bonds is 5. The van der Waals surface area contributed by atoms with E-state index in [1.807, 2.05) is 13.0 Å². The quantitative estimate of drug-likeness (QED) is 0.330. The normalized spacial score (nSPS) is 13.5. The largest absolute Gasteiger partial charge is 0.508 e. The van der Waals surface area contributed by atoms with Crippen molar-refractivity contribution in [3.8, 4) is 11.5 Å². The molecule has 0 spiro atoms. The third kappa shape index (κ3) is 3.39. The van der Waals surface area contributed by atoms with Crippen LogP contribution in [0.1, 0.15) is 30.1 Å². The first-order chi connectivity index (χ1) is 12.5. The Labute approximate surface area is 151 Å². The predicted octanol–water partition coefficient (Wildman–Crippen LogP) is 3.73. The van der Waals surface area contributed by atoms with Gasteiger partial charge in [-0.25, -0.2) is 0 Å². The molecular weight excluding hydrogens is 332 g/mol. The first-order valence-electron chi connectivity index (χ1n) is 8.34. The summed E-state index contributed by atoms with van der Waals surface area (Å²) in [4.78, 5) is 25.2. The number of phenolic OH excluding ortho intramolecular Hbond substituents is 2. The van der Waals surface area contributed by atoms with Crippen molar-refractivity contribution in [2.75, 3.05) is 16.8 Å². The molecule has 0 aliphatic carbocycles. The molecule has 0 fully saturated rings. The van der Waals surface area contributed by atoms with Gasteiger partial charge in [0.25, 0.3) is 5.91 Å². The summed E-state index contributed by atoms with van der Waals surface area (Å²) < 4.78 is 0. The van der Waals surface area contributed by atoms with Crippen LogP contribution in [0.15, 0.2) is 48.0 Å². The second-order valence-electron chi connectivity index (χ2n) is 6.20. The maximum absolute atomic E-state index is 13.1. The SMILES string of the molecule is C/C(=C\CN1C(=O)c2cccc(O)c2Nc2ccc(O)cc21)CCC=O. The van der Waals surface area contributed by atoms with Crippen molar-refractivity contribution in [3.05, 3.63) is 53.6 Å². The van der Waals surface area contributed by atoms with E-state index in [4.69, 9.17) is 0 Å². The van der Waals surface area contributed by atoms with Crippen LogP contribution in [0.4, 0.5) is 17.1 Å². The highest BCUT2D eigenvalue weighted by atomic mass is 16.3. The summed E-state index contributed by atoms with van der Waals surface area (Å²) >= 11 is 0. The fourth-order valence-corrected chi connectivity index (χ4v) is 2.91. The minimum Gasteiger partial charge on any atom is -0.508 e. The number of carbonyl (C=O) groups is 2. The van der Waals surface area contributed by atoms with E-state index in [2.05, 4.69) is 5.32 Å². The van der Waals surface area contributed by atoms with Crippen molar-refractivity contribution in [1.82, 2.24) is 0 Å². The molecule has 0 atom stereocenters. The number of hydrogen-bond acceptors (Lipinski definition) is 5. The molecule has 3 rings (SSSR count). The van der Waals surface area contributed by atoms with Crippen LogP contribution in [0.2, 0.25) is 0 Å². The smallest absolute Gasteiger partial charge is 0.260 e. The number of nitrogens with zero attached hydrogens (tertiary/aromatic N) is 1. The molecule has 3 N–H and O–H groups in total. The molecule has 0 saturated heterocycles. The first kappa shape index (κ1) is 17.5. The highest BCUT2D eigenvalue weighted by Gasteiger charge is 2.28. The molecule has 134 valence electrons. The molecular formula is C20H20N2O4. The predicted molar refractivity (Wildman–Crippen MR) is 100 cm³/mol. The van der Waals surface area contributed by atoms with E-state index >= 15 is 0 Å². The number of nitrogens with one attached hydrogen (secondary N) is 1. The van der Waals surface area contributed by atoms with Gasteiger partial charge >= 0.3 is 0 Å². The number of aromatic hydroxyl groups is 2. The number of carbonyl (C=O) groups excluding carboxylic acids is 2. The van der Waals surface area contributed by atoms with E-state index in [0.717, 1.165) is 11.9 Å². The lowest BCUT2D eigenvalue weighted by molar-refractivity contribution is -0.107. The lowest BCUT2D eigenvalue weighted by Crippen LogP contribution is -2.30. The number of phenols is 2. The molecule has 0 radical (unpaired) electrons. The van der Waals surface area contributed by atoms with Crippen molar-refractivity contribution in [2.24, 2.45) is 0 Å². The van der Waals surface area contributed by atoms with E-state index in [1.54, 1.807) is 18.2 Å². The summed E-state index contributed by atoms with van der Waals surface area (Å²) in [5, 5.41) is 23.1. The fraction of sp³-hybridized carbons (Fsp3) is 0.200. The molecule has 1 amide bonds. The van der Waals surface area contributed by atoms with Gasteiger partial charge in [0.2, 0.25) is 0 Å². The van der Waals surface area contributed by atoms with Crippen LogP contribution < -0.4 is 10.2 Å². The standard InChI is InChI=1S/C20H20N2O4/c1-13(4-3-11-23)9-10-22-17-12-14(24)7-8-16(17)21-19-15(20(22)26)5-2-6-18(19)25/h2,5-9,11-12,21,24-25H,3-4,10H2,1H3/b13-9+. The van der Waals surface area contributed by atoms with E-state index < -0.39 is 0 Å². The Morgan fingerprint density at radius 1 is 1.23 bits per heavy atom. The number of aldehydes is 1. The Hall–Kier alpha value is -3.28. The van der Waals surface area contributed by atoms with Gasteiger partial charge in [-0.1, -0.05) is 17.7 Å². The number of allylic oxidation sites excluding steroid dienone is 1. The average Bonchev–Trinajstić information content (AvgIpc) is 2.74. The van der Waals surface area contributed by atoms with Crippen LogP contribution in [-0.2, 0) is 4.79 Å². The number of fused-ring (bicyclic) bond motifs is 2. The molecule has 6 nitrogen and oxygen atoms in total.